The molecule has 0 spiro atoms. The minimum atomic E-state index is -4.21. The van der Waals surface area contributed by atoms with Crippen molar-refractivity contribution < 1.29 is 17.7 Å². The Kier molecular flexibility index (Phi) is 4.40. The first-order chi connectivity index (χ1) is 10.5. The zero-order chi connectivity index (χ0) is 15.7. The predicted molar refractivity (Wildman–Crippen MR) is 73.3 cm³/mol. The highest BCUT2D eigenvalue weighted by Gasteiger charge is 2.48. The third kappa shape index (κ3) is 3.12. The number of halogens is 3. The molecule has 1 aliphatic heterocycles. The van der Waals surface area contributed by atoms with Crippen molar-refractivity contribution in [3.8, 4) is 0 Å². The topological polar surface area (TPSA) is 54.2 Å². The third-order valence-corrected chi connectivity index (χ3v) is 4.77. The highest BCUT2D eigenvalue weighted by atomic mass is 19.4. The molecule has 0 aromatic carbocycles. The Morgan fingerprint density at radius 2 is 2.05 bits per heavy atom. The first-order valence-electron chi connectivity index (χ1n) is 7.78. The molecule has 8 heteroatoms. The van der Waals surface area contributed by atoms with Gasteiger partial charge in [0.05, 0.1) is 12.0 Å². The van der Waals surface area contributed by atoms with E-state index in [-0.39, 0.29) is 18.4 Å². The van der Waals surface area contributed by atoms with E-state index >= 15 is 0 Å². The number of likely N-dealkylation sites (N-methyl/N-ethyl adjacent to an activating group) is 1. The molecule has 1 aliphatic carbocycles. The van der Waals surface area contributed by atoms with E-state index in [1.807, 2.05) is 7.05 Å². The number of piperazine rings is 1. The quantitative estimate of drug-likeness (QED) is 0.908. The molecule has 1 aromatic rings. The van der Waals surface area contributed by atoms with Crippen LogP contribution in [0.1, 0.15) is 49.4 Å². The number of nitrogens with zero attached hydrogens (tertiary/aromatic N) is 3. The van der Waals surface area contributed by atoms with Crippen molar-refractivity contribution in [3.63, 3.8) is 0 Å². The molecule has 2 fully saturated rings. The highest BCUT2D eigenvalue weighted by molar-refractivity contribution is 5.04. The van der Waals surface area contributed by atoms with E-state index in [0.717, 1.165) is 19.5 Å². The van der Waals surface area contributed by atoms with Crippen LogP contribution in [0, 0.1) is 5.92 Å². The van der Waals surface area contributed by atoms with Gasteiger partial charge in [0.25, 0.3) is 0 Å². The number of aromatic nitrogens is 2. The molecule has 2 heterocycles. The van der Waals surface area contributed by atoms with Crippen molar-refractivity contribution in [3.05, 3.63) is 11.7 Å². The maximum atomic E-state index is 13.2. The Balaban J connectivity index is 1.79. The van der Waals surface area contributed by atoms with Gasteiger partial charge in [-0.05, 0) is 19.9 Å². The molecule has 5 nitrogen and oxygen atoms in total. The molecular weight excluding hydrogens is 297 g/mol. The summed E-state index contributed by atoms with van der Waals surface area (Å²) in [6.07, 6.45) is -2.21. The smallest absolute Gasteiger partial charge is 0.339 e. The maximum absolute atomic E-state index is 13.2. The number of alkyl halides is 3. The summed E-state index contributed by atoms with van der Waals surface area (Å²) >= 11 is 0. The fourth-order valence-electron chi connectivity index (χ4n) is 3.45. The molecular formula is C14H21F3N4O. The summed E-state index contributed by atoms with van der Waals surface area (Å²) in [5, 5.41) is 7.19. The molecule has 1 saturated carbocycles. The first-order valence-corrected chi connectivity index (χ1v) is 7.78. The Hall–Kier alpha value is -1.15. The number of nitrogens with one attached hydrogen (secondary N) is 1. The SMILES string of the molecule is CN1CCNCC1c1noc(C2CCCCC2C(F)(F)F)n1. The van der Waals surface area contributed by atoms with E-state index < -0.39 is 18.0 Å². The van der Waals surface area contributed by atoms with E-state index in [4.69, 9.17) is 4.52 Å². The molecule has 1 aromatic heterocycles. The molecule has 0 amide bonds. The van der Waals surface area contributed by atoms with Gasteiger partial charge in [-0.3, -0.25) is 4.90 Å². The number of rotatable bonds is 2. The van der Waals surface area contributed by atoms with Crippen molar-refractivity contribution >= 4 is 0 Å². The molecule has 1 N–H and O–H groups in total. The van der Waals surface area contributed by atoms with Gasteiger partial charge >= 0.3 is 6.18 Å². The van der Waals surface area contributed by atoms with Crippen LogP contribution < -0.4 is 5.32 Å². The van der Waals surface area contributed by atoms with Gasteiger partial charge in [0, 0.05) is 25.6 Å². The maximum Gasteiger partial charge on any atom is 0.392 e. The summed E-state index contributed by atoms with van der Waals surface area (Å²) in [5.41, 5.74) is 0. The van der Waals surface area contributed by atoms with Crippen LogP contribution in [0.3, 0.4) is 0 Å². The lowest BCUT2D eigenvalue weighted by atomic mass is 9.78. The van der Waals surface area contributed by atoms with Crippen molar-refractivity contribution in [2.45, 2.75) is 43.8 Å². The van der Waals surface area contributed by atoms with Crippen LogP contribution in [-0.2, 0) is 0 Å². The zero-order valence-electron chi connectivity index (χ0n) is 12.6. The van der Waals surface area contributed by atoms with Crippen LogP contribution in [0.25, 0.3) is 0 Å². The fraction of sp³-hybridized carbons (Fsp3) is 0.857. The Morgan fingerprint density at radius 1 is 1.27 bits per heavy atom. The lowest BCUT2D eigenvalue weighted by Gasteiger charge is -2.31. The monoisotopic (exact) mass is 318 g/mol. The molecule has 0 radical (unpaired) electrons. The van der Waals surface area contributed by atoms with E-state index in [2.05, 4.69) is 20.4 Å². The summed E-state index contributed by atoms with van der Waals surface area (Å²) < 4.78 is 44.8. The van der Waals surface area contributed by atoms with Gasteiger partial charge in [0.2, 0.25) is 5.89 Å². The summed E-state index contributed by atoms with van der Waals surface area (Å²) in [4.78, 5) is 6.40. The van der Waals surface area contributed by atoms with Crippen molar-refractivity contribution in [2.75, 3.05) is 26.7 Å². The van der Waals surface area contributed by atoms with Gasteiger partial charge in [-0.1, -0.05) is 18.0 Å². The summed E-state index contributed by atoms with van der Waals surface area (Å²) in [6.45, 7) is 2.42. The van der Waals surface area contributed by atoms with E-state index in [9.17, 15) is 13.2 Å². The van der Waals surface area contributed by atoms with Crippen LogP contribution >= 0.6 is 0 Å². The molecule has 22 heavy (non-hydrogen) atoms. The Labute approximate surface area is 127 Å². The molecule has 3 rings (SSSR count). The standard InChI is InChI=1S/C14H21F3N4O/c1-21-7-6-18-8-11(21)12-19-13(22-20-12)9-4-2-3-5-10(9)14(15,16)17/h9-11,18H,2-8H2,1H3. The van der Waals surface area contributed by atoms with Gasteiger partial charge in [0.15, 0.2) is 5.82 Å². The summed E-state index contributed by atoms with van der Waals surface area (Å²) in [7, 11) is 1.96. The highest BCUT2D eigenvalue weighted by Crippen LogP contribution is 2.46. The van der Waals surface area contributed by atoms with Crippen molar-refractivity contribution in [2.24, 2.45) is 5.92 Å². The predicted octanol–water partition coefficient (Wildman–Crippen LogP) is 2.48. The molecule has 3 atom stereocenters. The number of hydrogen-bond acceptors (Lipinski definition) is 5. The van der Waals surface area contributed by atoms with Crippen LogP contribution in [0.5, 0.6) is 0 Å². The molecule has 0 bridgehead atoms. The minimum Gasteiger partial charge on any atom is -0.339 e. The van der Waals surface area contributed by atoms with E-state index in [1.54, 1.807) is 0 Å². The molecule has 2 aliphatic rings. The number of hydrogen-bond donors (Lipinski definition) is 1. The fourth-order valence-corrected chi connectivity index (χ4v) is 3.45. The molecule has 3 unspecified atom stereocenters. The first kappa shape index (κ1) is 15.7. The third-order valence-electron chi connectivity index (χ3n) is 4.77. The average molecular weight is 318 g/mol. The zero-order valence-corrected chi connectivity index (χ0v) is 12.6. The second-order valence-corrected chi connectivity index (χ2v) is 6.23. The van der Waals surface area contributed by atoms with E-state index in [1.165, 1.54) is 0 Å². The molecule has 1 saturated heterocycles. The van der Waals surface area contributed by atoms with Crippen LogP contribution in [0.4, 0.5) is 13.2 Å². The normalized spacial score (nSPS) is 31.4. The average Bonchev–Trinajstić information content (AvgIpc) is 2.96. The second kappa shape index (κ2) is 6.16. The van der Waals surface area contributed by atoms with Gasteiger partial charge in [-0.25, -0.2) is 0 Å². The van der Waals surface area contributed by atoms with Gasteiger partial charge < -0.3 is 9.84 Å². The Morgan fingerprint density at radius 3 is 2.77 bits per heavy atom. The van der Waals surface area contributed by atoms with Crippen LogP contribution in [0.15, 0.2) is 4.52 Å². The van der Waals surface area contributed by atoms with Gasteiger partial charge in [0.1, 0.15) is 0 Å². The van der Waals surface area contributed by atoms with Crippen molar-refractivity contribution in [1.82, 2.24) is 20.4 Å². The lowest BCUT2D eigenvalue weighted by Crippen LogP contribution is -2.44. The Bertz CT molecular complexity index is 505. The summed E-state index contributed by atoms with van der Waals surface area (Å²) in [6, 6.07) is -0.0424. The largest absolute Gasteiger partial charge is 0.392 e. The minimum absolute atomic E-state index is 0.0424. The van der Waals surface area contributed by atoms with E-state index in [0.29, 0.717) is 25.2 Å². The van der Waals surface area contributed by atoms with Gasteiger partial charge in [-0.2, -0.15) is 18.2 Å². The van der Waals surface area contributed by atoms with Crippen molar-refractivity contribution in [1.29, 1.82) is 0 Å². The van der Waals surface area contributed by atoms with Crippen LogP contribution in [0.2, 0.25) is 0 Å². The molecule has 124 valence electrons. The summed E-state index contributed by atoms with van der Waals surface area (Å²) in [5.74, 6) is -1.43. The van der Waals surface area contributed by atoms with Gasteiger partial charge in [-0.15, -0.1) is 0 Å². The lowest BCUT2D eigenvalue weighted by molar-refractivity contribution is -0.189. The van der Waals surface area contributed by atoms with Crippen LogP contribution in [-0.4, -0.2) is 47.9 Å². The second-order valence-electron chi connectivity index (χ2n) is 6.23.